The average molecular weight is 1140 g/mol. The second-order valence-electron chi connectivity index (χ2n) is 23.1. The second-order valence-corrected chi connectivity index (χ2v) is 23.1. The monoisotopic (exact) mass is 1140 g/mol. The van der Waals surface area contributed by atoms with Gasteiger partial charge in [-0.2, -0.15) is 0 Å². The summed E-state index contributed by atoms with van der Waals surface area (Å²) in [4.78, 5) is 0. The van der Waals surface area contributed by atoms with Crippen LogP contribution in [0.3, 0.4) is 0 Å². The first-order valence-electron chi connectivity index (χ1n) is 30.4. The highest BCUT2D eigenvalue weighted by Crippen LogP contribution is 2.56. The summed E-state index contributed by atoms with van der Waals surface area (Å²) in [5.74, 6) is 3.05. The van der Waals surface area contributed by atoms with E-state index in [9.17, 15) is 0 Å². The van der Waals surface area contributed by atoms with Crippen molar-refractivity contribution >= 4 is 43.6 Å². The standard InChI is InChI=1S/C85H56N2O2/c1-5-17-57(18-6-1)61-29-49-81-75(53-61)76-54-62(58-19-7-2-8-20-58)30-50-82(76)86(81)67-37-45-71(46-38-67)88-69-41-33-65(34-42-69)85(79-27-15-13-25-73(79)74-26-14-16-28-80(74)85)66-35-43-70(44-36-66)89-72-47-39-68(40-48-72)87-83-51-31-63(59-21-9-3-10-22-59)55-77(83)78-56-64(32-52-84(78)87)60-23-11-4-12-24-60/h1-56H. The summed E-state index contributed by atoms with van der Waals surface area (Å²) in [6.45, 7) is 0. The van der Waals surface area contributed by atoms with Crippen LogP contribution in [-0.2, 0) is 5.41 Å². The van der Waals surface area contributed by atoms with Crippen molar-refractivity contribution in [1.29, 1.82) is 0 Å². The molecule has 0 spiro atoms. The van der Waals surface area contributed by atoms with Crippen molar-refractivity contribution in [2.75, 3.05) is 0 Å². The van der Waals surface area contributed by atoms with Crippen LogP contribution in [-0.4, -0.2) is 9.13 Å². The third kappa shape index (κ3) is 8.83. The van der Waals surface area contributed by atoms with Crippen LogP contribution in [0.4, 0.5) is 0 Å². The van der Waals surface area contributed by atoms with Gasteiger partial charge in [0.2, 0.25) is 0 Å². The fraction of sp³-hybridized carbons (Fsp3) is 0.0118. The Bertz CT molecular complexity index is 4770. The molecule has 0 aliphatic heterocycles. The molecule has 0 saturated heterocycles. The Hall–Kier alpha value is -11.7. The molecule has 0 amide bonds. The van der Waals surface area contributed by atoms with E-state index in [-0.39, 0.29) is 0 Å². The molecule has 0 saturated carbocycles. The molecule has 0 atom stereocenters. The predicted octanol–water partition coefficient (Wildman–Crippen LogP) is 22.5. The lowest BCUT2D eigenvalue weighted by atomic mass is 9.68. The molecule has 89 heavy (non-hydrogen) atoms. The van der Waals surface area contributed by atoms with Crippen LogP contribution in [0.15, 0.2) is 340 Å². The normalized spacial score (nSPS) is 12.4. The molecule has 16 aromatic rings. The minimum atomic E-state index is -0.606. The molecule has 1 aliphatic carbocycles. The number of rotatable bonds is 12. The molecule has 2 aromatic heterocycles. The zero-order valence-electron chi connectivity index (χ0n) is 48.5. The second kappa shape index (κ2) is 21.4. The van der Waals surface area contributed by atoms with Crippen molar-refractivity contribution in [2.24, 2.45) is 0 Å². The van der Waals surface area contributed by atoms with Crippen molar-refractivity contribution in [3.63, 3.8) is 0 Å². The van der Waals surface area contributed by atoms with Gasteiger partial charge in [0, 0.05) is 32.9 Å². The average Bonchev–Trinajstić information content (AvgIpc) is 1.60. The number of aromatic nitrogens is 2. The third-order valence-corrected chi connectivity index (χ3v) is 18.1. The minimum absolute atomic E-state index is 0.606. The molecule has 14 aromatic carbocycles. The van der Waals surface area contributed by atoms with E-state index in [1.807, 2.05) is 0 Å². The smallest absolute Gasteiger partial charge is 0.127 e. The van der Waals surface area contributed by atoms with Gasteiger partial charge in [-0.3, -0.25) is 0 Å². The van der Waals surface area contributed by atoms with Gasteiger partial charge in [-0.1, -0.05) is 218 Å². The van der Waals surface area contributed by atoms with Gasteiger partial charge < -0.3 is 18.6 Å². The summed E-state index contributed by atoms with van der Waals surface area (Å²) >= 11 is 0. The highest BCUT2D eigenvalue weighted by Gasteiger charge is 2.46. The Morgan fingerprint density at radius 1 is 0.213 bits per heavy atom. The van der Waals surface area contributed by atoms with Crippen LogP contribution in [0.5, 0.6) is 23.0 Å². The molecule has 0 radical (unpaired) electrons. The maximum Gasteiger partial charge on any atom is 0.127 e. The SMILES string of the molecule is c1ccc(-c2ccc3c(c2)c2cc(-c4ccccc4)ccc2n3-c2ccc(Oc3ccc(C4(c5ccc(Oc6ccc(-n7c8ccc(-c9ccccc9)cc8c8cc(-c9ccccc9)ccc87)cc6)cc5)c5ccccc5-c5ccccc54)cc3)cc2)cc1. The van der Waals surface area contributed by atoms with E-state index < -0.39 is 5.41 Å². The first-order chi connectivity index (χ1) is 44.1. The number of fused-ring (bicyclic) bond motifs is 9. The van der Waals surface area contributed by atoms with Crippen LogP contribution in [0.25, 0.3) is 111 Å². The molecule has 17 rings (SSSR count). The van der Waals surface area contributed by atoms with E-state index in [1.54, 1.807) is 0 Å². The maximum atomic E-state index is 6.70. The Morgan fingerprint density at radius 3 is 0.764 bits per heavy atom. The summed E-state index contributed by atoms with van der Waals surface area (Å²) < 4.78 is 18.1. The zero-order chi connectivity index (χ0) is 58.8. The molecule has 0 unspecified atom stereocenters. The van der Waals surface area contributed by atoms with Gasteiger partial charge in [0.1, 0.15) is 23.0 Å². The van der Waals surface area contributed by atoms with Crippen LogP contribution >= 0.6 is 0 Å². The molecule has 4 heteroatoms. The summed E-state index contributed by atoms with van der Waals surface area (Å²) in [5.41, 5.74) is 22.9. The summed E-state index contributed by atoms with van der Waals surface area (Å²) in [6.07, 6.45) is 0. The summed E-state index contributed by atoms with van der Waals surface area (Å²) in [6, 6.07) is 122. The molecular weight excluding hydrogens is 1080 g/mol. The van der Waals surface area contributed by atoms with Gasteiger partial charge in [0.15, 0.2) is 0 Å². The molecule has 0 fully saturated rings. The first-order valence-corrected chi connectivity index (χ1v) is 30.4. The van der Waals surface area contributed by atoms with Crippen LogP contribution in [0.2, 0.25) is 0 Å². The molecule has 0 bridgehead atoms. The molecule has 4 nitrogen and oxygen atoms in total. The van der Waals surface area contributed by atoms with Gasteiger partial charge in [-0.05, 0) is 199 Å². The maximum absolute atomic E-state index is 6.70. The molecular formula is C85H56N2O2. The molecule has 2 heterocycles. The van der Waals surface area contributed by atoms with E-state index in [1.165, 1.54) is 88.3 Å². The van der Waals surface area contributed by atoms with Crippen molar-refractivity contribution in [2.45, 2.75) is 5.41 Å². The first kappa shape index (κ1) is 51.7. The van der Waals surface area contributed by atoms with Gasteiger partial charge >= 0.3 is 0 Å². The van der Waals surface area contributed by atoms with Crippen LogP contribution < -0.4 is 9.47 Å². The summed E-state index contributed by atoms with van der Waals surface area (Å²) in [5, 5.41) is 4.85. The topological polar surface area (TPSA) is 28.3 Å². The lowest BCUT2D eigenvalue weighted by molar-refractivity contribution is 0.482. The number of nitrogens with zero attached hydrogens (tertiary/aromatic N) is 2. The lowest BCUT2D eigenvalue weighted by Gasteiger charge is -2.34. The molecule has 418 valence electrons. The van der Waals surface area contributed by atoms with Gasteiger partial charge in [0.25, 0.3) is 0 Å². The van der Waals surface area contributed by atoms with E-state index >= 15 is 0 Å². The predicted molar refractivity (Wildman–Crippen MR) is 367 cm³/mol. The van der Waals surface area contributed by atoms with Crippen LogP contribution in [0.1, 0.15) is 22.3 Å². The van der Waals surface area contributed by atoms with E-state index in [4.69, 9.17) is 9.47 Å². The number of ether oxygens (including phenoxy) is 2. The molecule has 0 N–H and O–H groups in total. The number of benzene rings is 14. The highest BCUT2D eigenvalue weighted by molar-refractivity contribution is 6.13. The van der Waals surface area contributed by atoms with E-state index in [0.717, 1.165) is 67.6 Å². The van der Waals surface area contributed by atoms with Gasteiger partial charge in [-0.15, -0.1) is 0 Å². The van der Waals surface area contributed by atoms with E-state index in [0.29, 0.717) is 0 Å². The third-order valence-electron chi connectivity index (χ3n) is 18.1. The lowest BCUT2D eigenvalue weighted by Crippen LogP contribution is -2.28. The Morgan fingerprint density at radius 2 is 0.472 bits per heavy atom. The highest BCUT2D eigenvalue weighted by atomic mass is 16.5. The van der Waals surface area contributed by atoms with Crippen LogP contribution in [0, 0.1) is 0 Å². The fourth-order valence-corrected chi connectivity index (χ4v) is 14.0. The Kier molecular flexibility index (Phi) is 12.4. The minimum Gasteiger partial charge on any atom is -0.457 e. The van der Waals surface area contributed by atoms with Crippen molar-refractivity contribution in [3.05, 3.63) is 362 Å². The van der Waals surface area contributed by atoms with Gasteiger partial charge in [0.05, 0.1) is 27.5 Å². The number of hydrogen-bond donors (Lipinski definition) is 0. The van der Waals surface area contributed by atoms with Crippen molar-refractivity contribution in [1.82, 2.24) is 9.13 Å². The van der Waals surface area contributed by atoms with Gasteiger partial charge in [-0.25, -0.2) is 0 Å². The van der Waals surface area contributed by atoms with E-state index in [2.05, 4.69) is 349 Å². The van der Waals surface area contributed by atoms with Crippen molar-refractivity contribution in [3.8, 4) is 90.0 Å². The largest absolute Gasteiger partial charge is 0.457 e. The summed E-state index contributed by atoms with van der Waals surface area (Å²) in [7, 11) is 0. The Balaban J connectivity index is 0.670. The Labute approximate surface area is 516 Å². The quantitative estimate of drug-likeness (QED) is 0.122. The van der Waals surface area contributed by atoms with Crippen molar-refractivity contribution < 1.29 is 9.47 Å². The zero-order valence-corrected chi connectivity index (χ0v) is 48.5. The molecule has 1 aliphatic rings. The fourth-order valence-electron chi connectivity index (χ4n) is 14.0. The number of hydrogen-bond acceptors (Lipinski definition) is 2.